The Hall–Kier alpha value is -1.40. The first kappa shape index (κ1) is 14.7. The molecule has 1 aromatic heterocycles. The molecule has 1 heterocycles. The molecule has 0 aliphatic heterocycles. The van der Waals surface area contributed by atoms with Crippen LogP contribution in [0.5, 0.6) is 0 Å². The molecule has 0 saturated heterocycles. The van der Waals surface area contributed by atoms with E-state index < -0.39 is 6.10 Å². The zero-order valence-corrected chi connectivity index (χ0v) is 11.5. The summed E-state index contributed by atoms with van der Waals surface area (Å²) < 4.78 is 5.06. The molecule has 1 rings (SSSR count). The van der Waals surface area contributed by atoms with Gasteiger partial charge in [0, 0.05) is 33.3 Å². The van der Waals surface area contributed by atoms with Gasteiger partial charge in [0.15, 0.2) is 5.82 Å². The SMILES string of the molecule is CCNc1cc(N(C)CC(C)O)nc(COC)n1. The molecule has 0 aliphatic rings. The Labute approximate surface area is 108 Å². The summed E-state index contributed by atoms with van der Waals surface area (Å²) in [5.41, 5.74) is 0. The molecular weight excluding hydrogens is 232 g/mol. The molecule has 0 amide bonds. The van der Waals surface area contributed by atoms with Crippen LogP contribution in [0.4, 0.5) is 11.6 Å². The van der Waals surface area contributed by atoms with E-state index in [1.807, 2.05) is 24.9 Å². The summed E-state index contributed by atoms with van der Waals surface area (Å²) in [6.45, 7) is 5.45. The Morgan fingerprint density at radius 2 is 2.22 bits per heavy atom. The lowest BCUT2D eigenvalue weighted by atomic mass is 10.3. The Balaban J connectivity index is 2.94. The first-order valence-corrected chi connectivity index (χ1v) is 6.06. The van der Waals surface area contributed by atoms with Crippen molar-refractivity contribution in [1.82, 2.24) is 9.97 Å². The normalized spacial score (nSPS) is 12.3. The van der Waals surface area contributed by atoms with Gasteiger partial charge in [0.1, 0.15) is 18.2 Å². The molecule has 0 radical (unpaired) electrons. The molecule has 1 unspecified atom stereocenters. The lowest BCUT2D eigenvalue weighted by Crippen LogP contribution is -2.28. The summed E-state index contributed by atoms with van der Waals surface area (Å²) in [7, 11) is 3.50. The van der Waals surface area contributed by atoms with E-state index in [1.54, 1.807) is 14.0 Å². The van der Waals surface area contributed by atoms with Gasteiger partial charge in [-0.1, -0.05) is 0 Å². The minimum atomic E-state index is -0.404. The van der Waals surface area contributed by atoms with Gasteiger partial charge in [-0.25, -0.2) is 9.97 Å². The maximum Gasteiger partial charge on any atom is 0.158 e. The molecule has 6 nitrogen and oxygen atoms in total. The van der Waals surface area contributed by atoms with E-state index in [4.69, 9.17) is 4.74 Å². The molecule has 0 aromatic carbocycles. The monoisotopic (exact) mass is 254 g/mol. The second-order valence-electron chi connectivity index (χ2n) is 4.22. The van der Waals surface area contributed by atoms with Crippen LogP contribution in [0.3, 0.4) is 0 Å². The van der Waals surface area contributed by atoms with Crippen molar-refractivity contribution in [2.75, 3.05) is 37.5 Å². The van der Waals surface area contributed by atoms with Gasteiger partial charge >= 0.3 is 0 Å². The van der Waals surface area contributed by atoms with Crippen LogP contribution in [0.25, 0.3) is 0 Å². The molecule has 102 valence electrons. The van der Waals surface area contributed by atoms with Crippen molar-refractivity contribution in [3.8, 4) is 0 Å². The third-order valence-corrected chi connectivity index (χ3v) is 2.32. The van der Waals surface area contributed by atoms with Crippen LogP contribution in [0, 0.1) is 0 Å². The average Bonchev–Trinajstić information content (AvgIpc) is 2.28. The second kappa shape index (κ2) is 7.13. The van der Waals surface area contributed by atoms with Crippen LogP contribution >= 0.6 is 0 Å². The van der Waals surface area contributed by atoms with Crippen LogP contribution in [-0.2, 0) is 11.3 Å². The lowest BCUT2D eigenvalue weighted by molar-refractivity contribution is 0.178. The molecule has 6 heteroatoms. The summed E-state index contributed by atoms with van der Waals surface area (Å²) in [6.07, 6.45) is -0.404. The molecule has 18 heavy (non-hydrogen) atoms. The van der Waals surface area contributed by atoms with Gasteiger partial charge in [-0.2, -0.15) is 0 Å². The Bertz CT molecular complexity index is 347. The highest BCUT2D eigenvalue weighted by molar-refractivity contribution is 5.49. The van der Waals surface area contributed by atoms with Crippen molar-refractivity contribution >= 4 is 11.6 Å². The molecule has 0 saturated carbocycles. The molecule has 1 aromatic rings. The number of aromatic nitrogens is 2. The van der Waals surface area contributed by atoms with Crippen molar-refractivity contribution in [1.29, 1.82) is 0 Å². The van der Waals surface area contributed by atoms with Crippen molar-refractivity contribution in [3.05, 3.63) is 11.9 Å². The summed E-state index contributed by atoms with van der Waals surface area (Å²) >= 11 is 0. The number of hydrogen-bond acceptors (Lipinski definition) is 6. The fraction of sp³-hybridized carbons (Fsp3) is 0.667. The quantitative estimate of drug-likeness (QED) is 0.752. The van der Waals surface area contributed by atoms with Gasteiger partial charge in [0.25, 0.3) is 0 Å². The highest BCUT2D eigenvalue weighted by Crippen LogP contribution is 2.15. The highest BCUT2D eigenvalue weighted by atomic mass is 16.5. The third-order valence-electron chi connectivity index (χ3n) is 2.32. The first-order chi connectivity index (χ1) is 8.56. The van der Waals surface area contributed by atoms with E-state index in [1.165, 1.54) is 0 Å². The first-order valence-electron chi connectivity index (χ1n) is 6.06. The Morgan fingerprint density at radius 1 is 1.50 bits per heavy atom. The molecule has 0 bridgehead atoms. The number of ether oxygens (including phenoxy) is 1. The smallest absolute Gasteiger partial charge is 0.158 e. The summed E-state index contributed by atoms with van der Waals surface area (Å²) in [4.78, 5) is 10.6. The molecule has 0 aliphatic carbocycles. The molecular formula is C12H22N4O2. The Morgan fingerprint density at radius 3 is 2.78 bits per heavy atom. The van der Waals surface area contributed by atoms with E-state index in [2.05, 4.69) is 15.3 Å². The van der Waals surface area contributed by atoms with E-state index in [0.717, 1.165) is 18.2 Å². The highest BCUT2D eigenvalue weighted by Gasteiger charge is 2.10. The number of nitrogens with zero attached hydrogens (tertiary/aromatic N) is 3. The average molecular weight is 254 g/mol. The maximum atomic E-state index is 9.40. The summed E-state index contributed by atoms with van der Waals surface area (Å²) in [5.74, 6) is 2.17. The summed E-state index contributed by atoms with van der Waals surface area (Å²) in [6, 6.07) is 1.87. The third kappa shape index (κ3) is 4.46. The van der Waals surface area contributed by atoms with Crippen LogP contribution in [0.1, 0.15) is 19.7 Å². The molecule has 2 N–H and O–H groups in total. The second-order valence-corrected chi connectivity index (χ2v) is 4.22. The largest absolute Gasteiger partial charge is 0.392 e. The van der Waals surface area contributed by atoms with Crippen LogP contribution < -0.4 is 10.2 Å². The van der Waals surface area contributed by atoms with Crippen LogP contribution in [-0.4, -0.2) is 48.4 Å². The number of aliphatic hydroxyl groups excluding tert-OH is 1. The zero-order chi connectivity index (χ0) is 13.5. The number of anilines is 2. The van der Waals surface area contributed by atoms with Gasteiger partial charge in [-0.15, -0.1) is 0 Å². The minimum Gasteiger partial charge on any atom is -0.392 e. The standard InChI is InChI=1S/C12H22N4O2/c1-5-13-10-6-12(16(3)7-9(2)17)15-11(14-10)8-18-4/h6,9,17H,5,7-8H2,1-4H3,(H,13,14,15). The fourth-order valence-electron chi connectivity index (χ4n) is 1.63. The van der Waals surface area contributed by atoms with E-state index >= 15 is 0 Å². The number of hydrogen-bond donors (Lipinski definition) is 2. The van der Waals surface area contributed by atoms with Gasteiger partial charge in [0.2, 0.25) is 0 Å². The number of rotatable bonds is 7. The van der Waals surface area contributed by atoms with Gasteiger partial charge in [-0.05, 0) is 13.8 Å². The van der Waals surface area contributed by atoms with Crippen molar-refractivity contribution < 1.29 is 9.84 Å². The van der Waals surface area contributed by atoms with Crippen molar-refractivity contribution in [2.24, 2.45) is 0 Å². The number of aliphatic hydroxyl groups is 1. The molecule has 0 fully saturated rings. The molecule has 1 atom stereocenters. The minimum absolute atomic E-state index is 0.370. The van der Waals surface area contributed by atoms with Crippen molar-refractivity contribution in [3.63, 3.8) is 0 Å². The lowest BCUT2D eigenvalue weighted by Gasteiger charge is -2.21. The topological polar surface area (TPSA) is 70.5 Å². The van der Waals surface area contributed by atoms with E-state index in [9.17, 15) is 5.11 Å². The molecule has 0 spiro atoms. The van der Waals surface area contributed by atoms with Crippen molar-refractivity contribution in [2.45, 2.75) is 26.6 Å². The predicted molar refractivity (Wildman–Crippen MR) is 71.9 cm³/mol. The maximum absolute atomic E-state index is 9.40. The zero-order valence-electron chi connectivity index (χ0n) is 11.5. The predicted octanol–water partition coefficient (Wildman–Crippen LogP) is 0.872. The number of likely N-dealkylation sites (N-methyl/N-ethyl adjacent to an activating group) is 1. The van der Waals surface area contributed by atoms with Gasteiger partial charge in [-0.3, -0.25) is 0 Å². The van der Waals surface area contributed by atoms with Crippen LogP contribution in [0.2, 0.25) is 0 Å². The number of nitrogens with one attached hydrogen (secondary N) is 1. The van der Waals surface area contributed by atoms with Gasteiger partial charge in [0.05, 0.1) is 6.10 Å². The Kier molecular flexibility index (Phi) is 5.80. The van der Waals surface area contributed by atoms with E-state index in [-0.39, 0.29) is 0 Å². The number of methoxy groups -OCH3 is 1. The summed E-state index contributed by atoms with van der Waals surface area (Å²) in [5, 5.41) is 12.6. The van der Waals surface area contributed by atoms with Crippen LogP contribution in [0.15, 0.2) is 6.07 Å². The fourth-order valence-corrected chi connectivity index (χ4v) is 1.63. The van der Waals surface area contributed by atoms with E-state index in [0.29, 0.717) is 19.0 Å². The van der Waals surface area contributed by atoms with Gasteiger partial charge < -0.3 is 20.1 Å².